The van der Waals surface area contributed by atoms with Crippen molar-refractivity contribution in [3.05, 3.63) is 30.3 Å². The van der Waals surface area contributed by atoms with Crippen molar-refractivity contribution in [1.29, 1.82) is 0 Å². The molecule has 1 aromatic carbocycles. The second kappa shape index (κ2) is 11.8. The summed E-state index contributed by atoms with van der Waals surface area (Å²) in [6, 6.07) is 9.31. The minimum absolute atomic E-state index is 0.132. The zero-order chi connectivity index (χ0) is 25.6. The van der Waals surface area contributed by atoms with Crippen LogP contribution in [0.3, 0.4) is 0 Å². The van der Waals surface area contributed by atoms with E-state index in [-0.39, 0.29) is 6.03 Å². The Kier molecular flexibility index (Phi) is 8.10. The number of hydrogen-bond acceptors (Lipinski definition) is 9. The van der Waals surface area contributed by atoms with Crippen molar-refractivity contribution in [1.82, 2.24) is 20.0 Å². The number of amides is 2. The maximum atomic E-state index is 12.8. The van der Waals surface area contributed by atoms with Gasteiger partial charge in [0.15, 0.2) is 23.1 Å². The normalized spacial score (nSPS) is 20.7. The van der Waals surface area contributed by atoms with Crippen LogP contribution in [-0.2, 0) is 4.74 Å². The van der Waals surface area contributed by atoms with E-state index in [4.69, 9.17) is 14.2 Å². The lowest BCUT2D eigenvalue weighted by molar-refractivity contribution is 0.0712. The van der Waals surface area contributed by atoms with Gasteiger partial charge in [0.1, 0.15) is 0 Å². The number of nitrogens with zero attached hydrogens (tertiary/aromatic N) is 6. The lowest BCUT2D eigenvalue weighted by Gasteiger charge is -2.37. The van der Waals surface area contributed by atoms with Gasteiger partial charge in [0, 0.05) is 77.3 Å². The molecule has 0 saturated carbocycles. The number of hydrogen-bond donors (Lipinski definition) is 1. The van der Waals surface area contributed by atoms with Crippen LogP contribution in [0.5, 0.6) is 11.5 Å². The van der Waals surface area contributed by atoms with Gasteiger partial charge in [-0.1, -0.05) is 0 Å². The van der Waals surface area contributed by atoms with Gasteiger partial charge in [-0.05, 0) is 37.1 Å². The minimum Gasteiger partial charge on any atom is -0.493 e. The van der Waals surface area contributed by atoms with Crippen LogP contribution >= 0.6 is 0 Å². The Morgan fingerprint density at radius 3 is 2.14 bits per heavy atom. The highest BCUT2D eigenvalue weighted by molar-refractivity contribution is 5.90. The number of methoxy groups -OCH3 is 2. The van der Waals surface area contributed by atoms with Crippen LogP contribution in [0.15, 0.2) is 30.3 Å². The third-order valence-corrected chi connectivity index (χ3v) is 7.34. The molecule has 4 heterocycles. The Labute approximate surface area is 218 Å². The topological polar surface area (TPSA) is 95.5 Å². The summed E-state index contributed by atoms with van der Waals surface area (Å²) >= 11 is 0. The monoisotopic (exact) mass is 511 g/mol. The molecule has 11 heteroatoms. The van der Waals surface area contributed by atoms with Crippen molar-refractivity contribution in [2.24, 2.45) is 0 Å². The Bertz CT molecular complexity index is 1030. The van der Waals surface area contributed by atoms with E-state index in [0.29, 0.717) is 49.5 Å². The van der Waals surface area contributed by atoms with Crippen LogP contribution in [-0.4, -0.2) is 112 Å². The summed E-state index contributed by atoms with van der Waals surface area (Å²) < 4.78 is 16.4. The first kappa shape index (κ1) is 25.3. The Morgan fingerprint density at radius 1 is 0.919 bits per heavy atom. The quantitative estimate of drug-likeness (QED) is 0.600. The van der Waals surface area contributed by atoms with Crippen molar-refractivity contribution < 1.29 is 19.0 Å². The van der Waals surface area contributed by atoms with Crippen molar-refractivity contribution in [2.45, 2.75) is 18.9 Å². The molecule has 2 amide bonds. The number of urea groups is 1. The second-order valence-corrected chi connectivity index (χ2v) is 9.65. The molecule has 3 saturated heterocycles. The first-order valence-electron chi connectivity index (χ1n) is 13.1. The highest BCUT2D eigenvalue weighted by atomic mass is 16.5. The highest BCUT2D eigenvalue weighted by Gasteiger charge is 2.25. The average Bonchev–Trinajstić information content (AvgIpc) is 3.46. The summed E-state index contributed by atoms with van der Waals surface area (Å²) in [6.45, 7) is 8.52. The van der Waals surface area contributed by atoms with Gasteiger partial charge in [0.25, 0.3) is 0 Å². The summed E-state index contributed by atoms with van der Waals surface area (Å²) in [5.74, 6) is 2.97. The van der Waals surface area contributed by atoms with E-state index in [1.807, 2.05) is 11.0 Å². The van der Waals surface area contributed by atoms with E-state index in [0.717, 1.165) is 51.0 Å². The van der Waals surface area contributed by atoms with Crippen LogP contribution in [0.1, 0.15) is 12.8 Å². The number of rotatable bonds is 7. The van der Waals surface area contributed by atoms with Gasteiger partial charge in [0.2, 0.25) is 0 Å². The van der Waals surface area contributed by atoms with Crippen LogP contribution in [0.4, 0.5) is 22.1 Å². The molecule has 0 aliphatic carbocycles. The molecular weight excluding hydrogens is 474 g/mol. The highest BCUT2D eigenvalue weighted by Crippen LogP contribution is 2.30. The molecule has 3 fully saturated rings. The number of nitrogens with one attached hydrogen (secondary N) is 1. The fraction of sp³-hybridized carbons (Fsp3) is 0.577. The zero-order valence-electron chi connectivity index (χ0n) is 21.8. The Morgan fingerprint density at radius 2 is 1.57 bits per heavy atom. The van der Waals surface area contributed by atoms with Gasteiger partial charge >= 0.3 is 6.03 Å². The number of carbonyl (C=O) groups is 1. The largest absolute Gasteiger partial charge is 0.493 e. The smallest absolute Gasteiger partial charge is 0.321 e. The third kappa shape index (κ3) is 6.16. The SMILES string of the molecule is COc1ccc(NC(=O)N2CCN(c3ccc(N4CCN(CC5CCCO5)CC4)nn3)CC2)cc1OC. The van der Waals surface area contributed by atoms with Crippen LogP contribution in [0, 0.1) is 0 Å². The molecular formula is C26H37N7O4. The summed E-state index contributed by atoms with van der Waals surface area (Å²) in [4.78, 5) is 21.6. The molecule has 0 spiro atoms. The first-order chi connectivity index (χ1) is 18.1. The van der Waals surface area contributed by atoms with Crippen molar-refractivity contribution >= 4 is 23.4 Å². The average molecular weight is 512 g/mol. The van der Waals surface area contributed by atoms with Crippen molar-refractivity contribution in [2.75, 3.05) is 94.8 Å². The molecule has 200 valence electrons. The maximum absolute atomic E-state index is 12.8. The fourth-order valence-electron chi connectivity index (χ4n) is 5.15. The van der Waals surface area contributed by atoms with Crippen LogP contribution in [0.25, 0.3) is 0 Å². The molecule has 3 aliphatic heterocycles. The van der Waals surface area contributed by atoms with Gasteiger partial charge in [-0.15, -0.1) is 10.2 Å². The Hall–Kier alpha value is -3.31. The number of piperazine rings is 2. The van der Waals surface area contributed by atoms with Gasteiger partial charge in [0.05, 0.1) is 20.3 Å². The number of benzene rings is 1. The van der Waals surface area contributed by atoms with E-state index in [9.17, 15) is 4.79 Å². The van der Waals surface area contributed by atoms with E-state index in [1.54, 1.807) is 32.4 Å². The summed E-state index contributed by atoms with van der Waals surface area (Å²) in [5, 5.41) is 12.0. The van der Waals surface area contributed by atoms with E-state index < -0.39 is 0 Å². The van der Waals surface area contributed by atoms with E-state index in [2.05, 4.69) is 36.3 Å². The number of aromatic nitrogens is 2. The van der Waals surface area contributed by atoms with Crippen LogP contribution < -0.4 is 24.6 Å². The van der Waals surface area contributed by atoms with Crippen molar-refractivity contribution in [3.8, 4) is 11.5 Å². The molecule has 0 radical (unpaired) electrons. The number of carbonyl (C=O) groups excluding carboxylic acids is 1. The standard InChI is InChI=1S/C26H37N7O4/c1-35-22-6-5-20(18-23(22)36-2)27-26(34)33-15-13-32(14-16-33)25-8-7-24(28-29-25)31-11-9-30(10-12-31)19-21-4-3-17-37-21/h5-8,18,21H,3-4,9-17,19H2,1-2H3,(H,27,34). The lowest BCUT2D eigenvalue weighted by atomic mass is 10.2. The molecule has 1 unspecified atom stereocenters. The fourth-order valence-corrected chi connectivity index (χ4v) is 5.15. The molecule has 5 rings (SSSR count). The van der Waals surface area contributed by atoms with Gasteiger partial charge in [-0.3, -0.25) is 4.90 Å². The number of ether oxygens (including phenoxy) is 3. The van der Waals surface area contributed by atoms with E-state index in [1.165, 1.54) is 12.8 Å². The predicted octanol–water partition coefficient (Wildman–Crippen LogP) is 2.15. The molecule has 1 aromatic heterocycles. The predicted molar refractivity (Wildman–Crippen MR) is 142 cm³/mol. The minimum atomic E-state index is -0.132. The molecule has 0 bridgehead atoms. The van der Waals surface area contributed by atoms with E-state index >= 15 is 0 Å². The summed E-state index contributed by atoms with van der Waals surface area (Å²) in [6.07, 6.45) is 2.78. The zero-order valence-corrected chi connectivity index (χ0v) is 21.8. The Balaban J connectivity index is 1.08. The second-order valence-electron chi connectivity index (χ2n) is 9.65. The molecule has 3 aliphatic rings. The molecule has 1 atom stereocenters. The van der Waals surface area contributed by atoms with Gasteiger partial charge < -0.3 is 34.2 Å². The van der Waals surface area contributed by atoms with Gasteiger partial charge in [-0.25, -0.2) is 4.79 Å². The lowest BCUT2D eigenvalue weighted by Crippen LogP contribution is -2.50. The molecule has 37 heavy (non-hydrogen) atoms. The number of anilines is 3. The van der Waals surface area contributed by atoms with Crippen LogP contribution in [0.2, 0.25) is 0 Å². The molecule has 2 aromatic rings. The first-order valence-corrected chi connectivity index (χ1v) is 13.1. The maximum Gasteiger partial charge on any atom is 0.321 e. The summed E-state index contributed by atoms with van der Waals surface area (Å²) in [7, 11) is 3.16. The third-order valence-electron chi connectivity index (χ3n) is 7.34. The summed E-state index contributed by atoms with van der Waals surface area (Å²) in [5.41, 5.74) is 0.666. The van der Waals surface area contributed by atoms with Gasteiger partial charge in [-0.2, -0.15) is 0 Å². The van der Waals surface area contributed by atoms with Crippen molar-refractivity contribution in [3.63, 3.8) is 0 Å². The molecule has 1 N–H and O–H groups in total. The molecule has 11 nitrogen and oxygen atoms in total.